The van der Waals surface area contributed by atoms with E-state index in [9.17, 15) is 4.39 Å². The van der Waals surface area contributed by atoms with E-state index in [4.69, 9.17) is 4.74 Å². The lowest BCUT2D eigenvalue weighted by Gasteiger charge is -2.21. The fourth-order valence-corrected chi connectivity index (χ4v) is 2.00. The molecule has 0 aliphatic rings. The van der Waals surface area contributed by atoms with Crippen LogP contribution < -0.4 is 5.32 Å². The van der Waals surface area contributed by atoms with Crippen molar-refractivity contribution in [3.63, 3.8) is 0 Å². The summed E-state index contributed by atoms with van der Waals surface area (Å²) in [5, 5.41) is 3.11. The van der Waals surface area contributed by atoms with E-state index in [0.717, 1.165) is 6.42 Å². The first-order valence-corrected chi connectivity index (χ1v) is 6.03. The second-order valence-corrected chi connectivity index (χ2v) is 4.62. The zero-order valence-electron chi connectivity index (χ0n) is 9.76. The third-order valence-electron chi connectivity index (χ3n) is 2.68. The summed E-state index contributed by atoms with van der Waals surface area (Å²) in [5.41, 5.74) is 0.667. The van der Waals surface area contributed by atoms with Gasteiger partial charge in [-0.1, -0.05) is 12.1 Å². The minimum absolute atomic E-state index is 0.0348. The first-order valence-electron chi connectivity index (χ1n) is 5.24. The number of hydrogen-bond acceptors (Lipinski definition) is 2. The van der Waals surface area contributed by atoms with Gasteiger partial charge in [0.2, 0.25) is 0 Å². The molecule has 2 atom stereocenters. The SMILES string of the molecule is CNC(CC(C)OC)c1cccc(Br)c1F. The Kier molecular flexibility index (Phi) is 5.38. The van der Waals surface area contributed by atoms with Gasteiger partial charge in [0, 0.05) is 18.7 Å². The normalized spacial score (nSPS) is 14.8. The molecular formula is C12H17BrFNO. The second kappa shape index (κ2) is 6.33. The van der Waals surface area contributed by atoms with Crippen LogP contribution in [0.4, 0.5) is 4.39 Å². The van der Waals surface area contributed by atoms with Crippen LogP contribution in [-0.2, 0) is 4.74 Å². The Bertz CT molecular complexity index is 346. The Hall–Kier alpha value is -0.450. The van der Waals surface area contributed by atoms with Gasteiger partial charge >= 0.3 is 0 Å². The first-order chi connectivity index (χ1) is 7.60. The van der Waals surface area contributed by atoms with Crippen molar-refractivity contribution in [1.82, 2.24) is 5.32 Å². The van der Waals surface area contributed by atoms with Gasteiger partial charge in [0.25, 0.3) is 0 Å². The predicted molar refractivity (Wildman–Crippen MR) is 67.0 cm³/mol. The molecule has 0 aliphatic carbocycles. The Balaban J connectivity index is 2.90. The molecule has 2 unspecified atom stereocenters. The van der Waals surface area contributed by atoms with E-state index in [1.54, 1.807) is 19.2 Å². The van der Waals surface area contributed by atoms with Crippen LogP contribution >= 0.6 is 15.9 Å². The lowest BCUT2D eigenvalue weighted by Crippen LogP contribution is -2.23. The molecule has 90 valence electrons. The summed E-state index contributed by atoms with van der Waals surface area (Å²) in [4.78, 5) is 0. The number of hydrogen-bond donors (Lipinski definition) is 1. The topological polar surface area (TPSA) is 21.3 Å². The molecule has 1 aromatic carbocycles. The van der Waals surface area contributed by atoms with Crippen LogP contribution in [0, 0.1) is 5.82 Å². The molecule has 0 radical (unpaired) electrons. The maximum absolute atomic E-state index is 13.9. The number of nitrogens with one attached hydrogen (secondary N) is 1. The van der Waals surface area contributed by atoms with Crippen molar-refractivity contribution in [1.29, 1.82) is 0 Å². The third-order valence-corrected chi connectivity index (χ3v) is 3.29. The summed E-state index contributed by atoms with van der Waals surface area (Å²) in [6, 6.07) is 5.30. The summed E-state index contributed by atoms with van der Waals surface area (Å²) in [6.45, 7) is 1.97. The molecule has 0 bridgehead atoms. The fourth-order valence-electron chi connectivity index (χ4n) is 1.62. The van der Waals surface area contributed by atoms with E-state index in [2.05, 4.69) is 21.2 Å². The van der Waals surface area contributed by atoms with Crippen LogP contribution in [-0.4, -0.2) is 20.3 Å². The summed E-state index contributed by atoms with van der Waals surface area (Å²) in [6.07, 6.45) is 0.830. The number of halogens is 2. The van der Waals surface area contributed by atoms with Crippen molar-refractivity contribution < 1.29 is 9.13 Å². The monoisotopic (exact) mass is 289 g/mol. The molecule has 0 spiro atoms. The van der Waals surface area contributed by atoms with Gasteiger partial charge in [-0.25, -0.2) is 4.39 Å². The number of methoxy groups -OCH3 is 1. The largest absolute Gasteiger partial charge is 0.382 e. The van der Waals surface area contributed by atoms with E-state index in [1.807, 2.05) is 20.0 Å². The highest BCUT2D eigenvalue weighted by Gasteiger charge is 2.18. The van der Waals surface area contributed by atoms with E-state index in [0.29, 0.717) is 10.0 Å². The van der Waals surface area contributed by atoms with E-state index in [-0.39, 0.29) is 18.0 Å². The summed E-state index contributed by atoms with van der Waals surface area (Å²) >= 11 is 3.19. The van der Waals surface area contributed by atoms with E-state index in [1.165, 1.54) is 0 Å². The molecule has 0 aromatic heterocycles. The highest BCUT2D eigenvalue weighted by molar-refractivity contribution is 9.10. The third kappa shape index (κ3) is 3.27. The molecule has 0 heterocycles. The van der Waals surface area contributed by atoms with E-state index >= 15 is 0 Å². The number of rotatable bonds is 5. The van der Waals surface area contributed by atoms with Gasteiger partial charge in [-0.2, -0.15) is 0 Å². The van der Waals surface area contributed by atoms with Crippen molar-refractivity contribution in [2.24, 2.45) is 0 Å². The predicted octanol–water partition coefficient (Wildman–Crippen LogP) is 3.27. The average molecular weight is 290 g/mol. The van der Waals surface area contributed by atoms with Crippen LogP contribution in [0.15, 0.2) is 22.7 Å². The van der Waals surface area contributed by atoms with Gasteiger partial charge < -0.3 is 10.1 Å². The van der Waals surface area contributed by atoms with Crippen molar-refractivity contribution in [2.45, 2.75) is 25.5 Å². The molecule has 1 N–H and O–H groups in total. The van der Waals surface area contributed by atoms with Crippen LogP contribution in [0.5, 0.6) is 0 Å². The molecular weight excluding hydrogens is 273 g/mol. The Labute approximate surface area is 104 Å². The zero-order chi connectivity index (χ0) is 12.1. The average Bonchev–Trinajstić information content (AvgIpc) is 2.29. The molecule has 0 saturated carbocycles. The minimum atomic E-state index is -0.204. The van der Waals surface area contributed by atoms with E-state index < -0.39 is 0 Å². The van der Waals surface area contributed by atoms with Gasteiger partial charge in [0.1, 0.15) is 5.82 Å². The summed E-state index contributed by atoms with van der Waals surface area (Å²) in [7, 11) is 3.49. The Morgan fingerprint density at radius 1 is 1.50 bits per heavy atom. The lowest BCUT2D eigenvalue weighted by molar-refractivity contribution is 0.101. The molecule has 0 aliphatic heterocycles. The molecule has 1 aromatic rings. The quantitative estimate of drug-likeness (QED) is 0.898. The fraction of sp³-hybridized carbons (Fsp3) is 0.500. The van der Waals surface area contributed by atoms with Gasteiger partial charge in [-0.05, 0) is 42.4 Å². The maximum atomic E-state index is 13.9. The molecule has 2 nitrogen and oxygen atoms in total. The van der Waals surface area contributed by atoms with Crippen molar-refractivity contribution in [2.75, 3.05) is 14.2 Å². The van der Waals surface area contributed by atoms with Gasteiger partial charge in [-0.15, -0.1) is 0 Å². The number of benzene rings is 1. The molecule has 0 saturated heterocycles. The Morgan fingerprint density at radius 3 is 2.75 bits per heavy atom. The van der Waals surface area contributed by atoms with Crippen LogP contribution in [0.1, 0.15) is 24.9 Å². The minimum Gasteiger partial charge on any atom is -0.382 e. The second-order valence-electron chi connectivity index (χ2n) is 3.77. The van der Waals surface area contributed by atoms with Gasteiger partial charge in [0.15, 0.2) is 0 Å². The van der Waals surface area contributed by atoms with Crippen LogP contribution in [0.2, 0.25) is 0 Å². The maximum Gasteiger partial charge on any atom is 0.142 e. The lowest BCUT2D eigenvalue weighted by atomic mass is 10.0. The van der Waals surface area contributed by atoms with Crippen LogP contribution in [0.25, 0.3) is 0 Å². The van der Waals surface area contributed by atoms with Crippen LogP contribution in [0.3, 0.4) is 0 Å². The van der Waals surface area contributed by atoms with Gasteiger partial charge in [0.05, 0.1) is 10.6 Å². The Morgan fingerprint density at radius 2 is 2.19 bits per heavy atom. The molecule has 4 heteroatoms. The highest BCUT2D eigenvalue weighted by atomic mass is 79.9. The highest BCUT2D eigenvalue weighted by Crippen LogP contribution is 2.26. The van der Waals surface area contributed by atoms with Gasteiger partial charge in [-0.3, -0.25) is 0 Å². The smallest absolute Gasteiger partial charge is 0.142 e. The molecule has 16 heavy (non-hydrogen) atoms. The standard InChI is InChI=1S/C12H17BrFNO/c1-8(16-3)7-11(15-2)9-5-4-6-10(13)12(9)14/h4-6,8,11,15H,7H2,1-3H3. The first kappa shape index (κ1) is 13.6. The van der Waals surface area contributed by atoms with Crippen molar-refractivity contribution in [3.8, 4) is 0 Å². The molecule has 0 fully saturated rings. The molecule has 1 rings (SSSR count). The molecule has 0 amide bonds. The van der Waals surface area contributed by atoms with Crippen molar-refractivity contribution in [3.05, 3.63) is 34.1 Å². The van der Waals surface area contributed by atoms with Crippen molar-refractivity contribution >= 4 is 15.9 Å². The zero-order valence-corrected chi connectivity index (χ0v) is 11.3. The summed E-state index contributed by atoms with van der Waals surface area (Å²) < 4.78 is 19.6. The summed E-state index contributed by atoms with van der Waals surface area (Å²) in [5.74, 6) is -0.204. The number of ether oxygens (including phenoxy) is 1.